The number of amides is 1. The van der Waals surface area contributed by atoms with Crippen LogP contribution in [0, 0.1) is 17.3 Å². The molecule has 0 spiro atoms. The first-order chi connectivity index (χ1) is 8.03. The molecule has 1 aliphatic rings. The van der Waals surface area contributed by atoms with Crippen LogP contribution in [-0.2, 0) is 4.79 Å². The number of β-amino-alcohol motifs (C(OH)–C–C–N with tert-alkyl or cyclic N) is 1. The van der Waals surface area contributed by atoms with Crippen molar-refractivity contribution in [2.75, 3.05) is 13.1 Å². The molecule has 0 aromatic heterocycles. The Morgan fingerprint density at radius 3 is 2.17 bits per heavy atom. The molecule has 18 heavy (non-hydrogen) atoms. The van der Waals surface area contributed by atoms with E-state index in [0.29, 0.717) is 25.4 Å². The standard InChI is InChI=1S/C15H29NO2/c1-11(2)15(18)9-16(10-15)13(17)7-12(3)8-14(4,5)6/h11-12,18H,7-10H2,1-6H3. The maximum atomic E-state index is 12.0. The molecule has 0 radical (unpaired) electrons. The van der Waals surface area contributed by atoms with E-state index in [1.807, 2.05) is 13.8 Å². The molecule has 0 saturated carbocycles. The zero-order valence-electron chi connectivity index (χ0n) is 12.8. The van der Waals surface area contributed by atoms with Crippen LogP contribution < -0.4 is 0 Å². The molecule has 0 bridgehead atoms. The highest BCUT2D eigenvalue weighted by Crippen LogP contribution is 2.31. The predicted molar refractivity (Wildman–Crippen MR) is 74.2 cm³/mol. The molecule has 1 aliphatic heterocycles. The largest absolute Gasteiger partial charge is 0.386 e. The Labute approximate surface area is 112 Å². The lowest BCUT2D eigenvalue weighted by molar-refractivity contribution is -0.164. The quantitative estimate of drug-likeness (QED) is 0.839. The molecule has 1 amide bonds. The van der Waals surface area contributed by atoms with E-state index >= 15 is 0 Å². The highest BCUT2D eigenvalue weighted by Gasteiger charge is 2.45. The number of carbonyl (C=O) groups is 1. The van der Waals surface area contributed by atoms with Crippen molar-refractivity contribution in [3.05, 3.63) is 0 Å². The first-order valence-corrected chi connectivity index (χ1v) is 7.04. The minimum absolute atomic E-state index is 0.192. The SMILES string of the molecule is CC(CC(=O)N1CC(O)(C(C)C)C1)CC(C)(C)C. The lowest BCUT2D eigenvalue weighted by Crippen LogP contribution is -2.66. The van der Waals surface area contributed by atoms with Crippen molar-refractivity contribution in [2.24, 2.45) is 17.3 Å². The normalized spacial score (nSPS) is 20.8. The number of aliphatic hydroxyl groups is 1. The molecule has 0 aromatic rings. The number of hydrogen-bond donors (Lipinski definition) is 1. The van der Waals surface area contributed by atoms with Crippen molar-refractivity contribution in [3.8, 4) is 0 Å². The van der Waals surface area contributed by atoms with E-state index in [0.717, 1.165) is 6.42 Å². The summed E-state index contributed by atoms with van der Waals surface area (Å²) < 4.78 is 0. The molecule has 3 nitrogen and oxygen atoms in total. The van der Waals surface area contributed by atoms with E-state index in [2.05, 4.69) is 27.7 Å². The maximum absolute atomic E-state index is 12.0. The third-order valence-corrected chi connectivity index (χ3v) is 3.84. The molecule has 3 heteroatoms. The number of carbonyl (C=O) groups excluding carboxylic acids is 1. The van der Waals surface area contributed by atoms with Gasteiger partial charge in [0.25, 0.3) is 0 Å². The van der Waals surface area contributed by atoms with E-state index < -0.39 is 5.60 Å². The summed E-state index contributed by atoms with van der Waals surface area (Å²) in [6.45, 7) is 13.8. The van der Waals surface area contributed by atoms with E-state index in [-0.39, 0.29) is 17.2 Å². The van der Waals surface area contributed by atoms with Crippen molar-refractivity contribution < 1.29 is 9.90 Å². The fourth-order valence-corrected chi connectivity index (χ4v) is 2.70. The van der Waals surface area contributed by atoms with Crippen molar-refractivity contribution >= 4 is 5.91 Å². The summed E-state index contributed by atoms with van der Waals surface area (Å²) in [5.41, 5.74) is -0.379. The van der Waals surface area contributed by atoms with Crippen LogP contribution in [0.1, 0.15) is 54.4 Å². The first-order valence-electron chi connectivity index (χ1n) is 7.04. The topological polar surface area (TPSA) is 40.5 Å². The van der Waals surface area contributed by atoms with E-state index in [4.69, 9.17) is 0 Å². The molecule has 106 valence electrons. The van der Waals surface area contributed by atoms with Gasteiger partial charge < -0.3 is 10.0 Å². The summed E-state index contributed by atoms with van der Waals surface area (Å²) in [5.74, 6) is 0.816. The Morgan fingerprint density at radius 2 is 1.78 bits per heavy atom. The van der Waals surface area contributed by atoms with Gasteiger partial charge in [0, 0.05) is 6.42 Å². The zero-order chi connectivity index (χ0) is 14.1. The van der Waals surface area contributed by atoms with E-state index in [1.54, 1.807) is 4.90 Å². The fourth-order valence-electron chi connectivity index (χ4n) is 2.70. The molecule has 1 fully saturated rings. The molecule has 0 aromatic carbocycles. The monoisotopic (exact) mass is 255 g/mol. The maximum Gasteiger partial charge on any atom is 0.223 e. The molecule has 0 aliphatic carbocycles. The van der Waals surface area contributed by atoms with Gasteiger partial charge >= 0.3 is 0 Å². The van der Waals surface area contributed by atoms with Crippen molar-refractivity contribution in [1.82, 2.24) is 4.90 Å². The predicted octanol–water partition coefficient (Wildman–Crippen LogP) is 2.68. The summed E-state index contributed by atoms with van der Waals surface area (Å²) in [5, 5.41) is 10.1. The van der Waals surface area contributed by atoms with Crippen LogP contribution in [0.2, 0.25) is 0 Å². The molecular formula is C15H29NO2. The van der Waals surface area contributed by atoms with Gasteiger partial charge in [0.1, 0.15) is 5.60 Å². The number of nitrogens with zero attached hydrogens (tertiary/aromatic N) is 1. The molecule has 1 saturated heterocycles. The van der Waals surface area contributed by atoms with Gasteiger partial charge in [0.2, 0.25) is 5.91 Å². The van der Waals surface area contributed by atoms with E-state index in [9.17, 15) is 9.90 Å². The third-order valence-electron chi connectivity index (χ3n) is 3.84. The summed E-state index contributed by atoms with van der Waals surface area (Å²) in [6, 6.07) is 0. The zero-order valence-corrected chi connectivity index (χ0v) is 12.8. The number of hydrogen-bond acceptors (Lipinski definition) is 2. The van der Waals surface area contributed by atoms with Gasteiger partial charge in [-0.05, 0) is 23.7 Å². The summed E-state index contributed by atoms with van der Waals surface area (Å²) in [4.78, 5) is 13.8. The number of likely N-dealkylation sites (tertiary alicyclic amines) is 1. The van der Waals surface area contributed by atoms with Gasteiger partial charge in [-0.1, -0.05) is 41.5 Å². The van der Waals surface area contributed by atoms with Gasteiger partial charge in [-0.15, -0.1) is 0 Å². The minimum Gasteiger partial charge on any atom is -0.386 e. The van der Waals surface area contributed by atoms with Crippen LogP contribution in [0.25, 0.3) is 0 Å². The minimum atomic E-state index is -0.650. The van der Waals surface area contributed by atoms with E-state index in [1.165, 1.54) is 0 Å². The summed E-state index contributed by atoms with van der Waals surface area (Å²) in [7, 11) is 0. The second-order valence-corrected chi connectivity index (χ2v) is 7.58. The van der Waals surface area contributed by atoms with Gasteiger partial charge in [0.05, 0.1) is 13.1 Å². The summed E-state index contributed by atoms with van der Waals surface area (Å²) >= 11 is 0. The average molecular weight is 255 g/mol. The van der Waals surface area contributed by atoms with Crippen LogP contribution in [-0.4, -0.2) is 34.6 Å². The Kier molecular flexibility index (Phi) is 4.47. The molecule has 1 rings (SSSR count). The lowest BCUT2D eigenvalue weighted by Gasteiger charge is -2.49. The van der Waals surface area contributed by atoms with Crippen LogP contribution in [0.5, 0.6) is 0 Å². The highest BCUT2D eigenvalue weighted by atomic mass is 16.3. The van der Waals surface area contributed by atoms with Crippen molar-refractivity contribution in [3.63, 3.8) is 0 Å². The Balaban J connectivity index is 2.36. The van der Waals surface area contributed by atoms with Gasteiger partial charge in [-0.25, -0.2) is 0 Å². The highest BCUT2D eigenvalue weighted by molar-refractivity contribution is 5.77. The van der Waals surface area contributed by atoms with Crippen LogP contribution >= 0.6 is 0 Å². The Morgan fingerprint density at radius 1 is 1.28 bits per heavy atom. The van der Waals surface area contributed by atoms with Crippen LogP contribution in [0.15, 0.2) is 0 Å². The van der Waals surface area contributed by atoms with Crippen molar-refractivity contribution in [1.29, 1.82) is 0 Å². The smallest absolute Gasteiger partial charge is 0.223 e. The van der Waals surface area contributed by atoms with Crippen LogP contribution in [0.4, 0.5) is 0 Å². The van der Waals surface area contributed by atoms with Gasteiger partial charge in [-0.2, -0.15) is 0 Å². The fraction of sp³-hybridized carbons (Fsp3) is 0.933. The molecule has 1 atom stereocenters. The van der Waals surface area contributed by atoms with Crippen molar-refractivity contribution in [2.45, 2.75) is 60.0 Å². The molecule has 1 heterocycles. The Hall–Kier alpha value is -0.570. The summed E-state index contributed by atoms with van der Waals surface area (Å²) in [6.07, 6.45) is 1.66. The second kappa shape index (κ2) is 5.20. The lowest BCUT2D eigenvalue weighted by atomic mass is 9.81. The van der Waals surface area contributed by atoms with Crippen LogP contribution in [0.3, 0.4) is 0 Å². The van der Waals surface area contributed by atoms with Gasteiger partial charge in [0.15, 0.2) is 0 Å². The second-order valence-electron chi connectivity index (χ2n) is 7.58. The van der Waals surface area contributed by atoms with Gasteiger partial charge in [-0.3, -0.25) is 4.79 Å². The molecular weight excluding hydrogens is 226 g/mol. The third kappa shape index (κ3) is 3.98. The first kappa shape index (κ1) is 15.5. The average Bonchev–Trinajstić information content (AvgIpc) is 2.08. The molecule has 1 N–H and O–H groups in total. The Bertz CT molecular complexity index is 298. The number of rotatable bonds is 4. The molecule has 1 unspecified atom stereocenters.